The van der Waals surface area contributed by atoms with Crippen LogP contribution in [0.15, 0.2) is 48.5 Å². The normalized spacial score (nSPS) is 14.1. The number of fused-ring (bicyclic) bond motifs is 1. The van der Waals surface area contributed by atoms with Crippen molar-refractivity contribution in [3.63, 3.8) is 0 Å². The SMILES string of the molecule is CC[C@H](C)Cn1c([C@H](C)c2ccc(CC(C)C)cc2)nc2ccccc21. The predicted molar refractivity (Wildman–Crippen MR) is 112 cm³/mol. The van der Waals surface area contributed by atoms with E-state index in [0.29, 0.717) is 17.8 Å². The van der Waals surface area contributed by atoms with Crippen molar-refractivity contribution in [2.75, 3.05) is 0 Å². The molecule has 3 rings (SSSR count). The Morgan fingerprint density at radius 3 is 2.27 bits per heavy atom. The second kappa shape index (κ2) is 8.07. The number of para-hydroxylation sites is 2. The molecule has 0 aliphatic rings. The molecule has 0 aliphatic heterocycles. The third kappa shape index (κ3) is 4.00. The standard InChI is InChI=1S/C24H32N2/c1-6-18(4)16-26-23-10-8-7-9-22(23)25-24(26)19(5)21-13-11-20(12-14-21)15-17(2)3/h7-14,17-19H,6,15-16H2,1-5H3/t18-,19+/m0/s1. The number of hydrogen-bond donors (Lipinski definition) is 0. The smallest absolute Gasteiger partial charge is 0.117 e. The molecule has 1 aromatic heterocycles. The molecule has 2 nitrogen and oxygen atoms in total. The van der Waals surface area contributed by atoms with Gasteiger partial charge in [-0.05, 0) is 41.5 Å². The van der Waals surface area contributed by atoms with Crippen LogP contribution in [0.25, 0.3) is 11.0 Å². The number of hydrogen-bond acceptors (Lipinski definition) is 1. The lowest BCUT2D eigenvalue weighted by molar-refractivity contribution is 0.462. The third-order valence-corrected chi connectivity index (χ3v) is 5.39. The van der Waals surface area contributed by atoms with Crippen LogP contribution in [0.3, 0.4) is 0 Å². The first-order valence-corrected chi connectivity index (χ1v) is 10.0. The minimum atomic E-state index is 0.291. The molecule has 1 heterocycles. The van der Waals surface area contributed by atoms with Crippen LogP contribution < -0.4 is 0 Å². The Labute approximate surface area is 158 Å². The highest BCUT2D eigenvalue weighted by atomic mass is 15.1. The first-order valence-electron chi connectivity index (χ1n) is 10.0. The average molecular weight is 349 g/mol. The zero-order chi connectivity index (χ0) is 18.7. The van der Waals surface area contributed by atoms with Crippen molar-refractivity contribution >= 4 is 11.0 Å². The molecule has 0 fully saturated rings. The van der Waals surface area contributed by atoms with Gasteiger partial charge in [0.15, 0.2) is 0 Å². The number of rotatable bonds is 7. The van der Waals surface area contributed by atoms with Gasteiger partial charge in [0.1, 0.15) is 5.82 Å². The maximum Gasteiger partial charge on any atom is 0.117 e. The fourth-order valence-electron chi connectivity index (χ4n) is 3.62. The topological polar surface area (TPSA) is 17.8 Å². The Morgan fingerprint density at radius 2 is 1.62 bits per heavy atom. The van der Waals surface area contributed by atoms with Crippen molar-refractivity contribution < 1.29 is 0 Å². The summed E-state index contributed by atoms with van der Waals surface area (Å²) in [6, 6.07) is 17.7. The van der Waals surface area contributed by atoms with Gasteiger partial charge in [-0.1, -0.05) is 77.4 Å². The van der Waals surface area contributed by atoms with Gasteiger partial charge in [-0.15, -0.1) is 0 Å². The lowest BCUT2D eigenvalue weighted by atomic mass is 9.96. The molecule has 2 heteroatoms. The zero-order valence-electron chi connectivity index (χ0n) is 16.9. The highest BCUT2D eigenvalue weighted by Crippen LogP contribution is 2.29. The van der Waals surface area contributed by atoms with E-state index in [9.17, 15) is 0 Å². The van der Waals surface area contributed by atoms with Crippen LogP contribution in [0, 0.1) is 11.8 Å². The van der Waals surface area contributed by atoms with Gasteiger partial charge in [0, 0.05) is 12.5 Å². The first-order chi connectivity index (χ1) is 12.5. The molecular weight excluding hydrogens is 316 g/mol. The Hall–Kier alpha value is -2.09. The Bertz CT molecular complexity index is 842. The van der Waals surface area contributed by atoms with E-state index in [1.54, 1.807) is 0 Å². The summed E-state index contributed by atoms with van der Waals surface area (Å²) in [5.74, 6) is 2.81. The summed E-state index contributed by atoms with van der Waals surface area (Å²) in [5.41, 5.74) is 5.13. The second-order valence-corrected chi connectivity index (χ2v) is 8.14. The van der Waals surface area contributed by atoms with Crippen molar-refractivity contribution in [3.8, 4) is 0 Å². The molecule has 0 unspecified atom stereocenters. The summed E-state index contributed by atoms with van der Waals surface area (Å²) in [6.45, 7) is 12.4. The second-order valence-electron chi connectivity index (χ2n) is 8.14. The first kappa shape index (κ1) is 18.7. The van der Waals surface area contributed by atoms with E-state index in [1.165, 1.54) is 28.9 Å². The Kier molecular flexibility index (Phi) is 5.80. The van der Waals surface area contributed by atoms with Crippen molar-refractivity contribution in [2.45, 2.75) is 59.9 Å². The van der Waals surface area contributed by atoms with Gasteiger partial charge in [0.25, 0.3) is 0 Å². The van der Waals surface area contributed by atoms with Gasteiger partial charge >= 0.3 is 0 Å². The van der Waals surface area contributed by atoms with Gasteiger partial charge in [-0.2, -0.15) is 0 Å². The van der Waals surface area contributed by atoms with Gasteiger partial charge in [0.2, 0.25) is 0 Å². The van der Waals surface area contributed by atoms with E-state index < -0.39 is 0 Å². The van der Waals surface area contributed by atoms with Crippen LogP contribution in [0.2, 0.25) is 0 Å². The largest absolute Gasteiger partial charge is 0.327 e. The summed E-state index contributed by atoms with van der Waals surface area (Å²) in [5, 5.41) is 0. The molecule has 0 spiro atoms. The van der Waals surface area contributed by atoms with Crippen molar-refractivity contribution in [3.05, 3.63) is 65.5 Å². The van der Waals surface area contributed by atoms with Gasteiger partial charge in [-0.3, -0.25) is 0 Å². The Morgan fingerprint density at radius 1 is 0.923 bits per heavy atom. The number of aromatic nitrogens is 2. The Balaban J connectivity index is 1.96. The maximum absolute atomic E-state index is 5.01. The summed E-state index contributed by atoms with van der Waals surface area (Å²) in [7, 11) is 0. The van der Waals surface area contributed by atoms with E-state index in [-0.39, 0.29) is 0 Å². The molecule has 0 N–H and O–H groups in total. The summed E-state index contributed by atoms with van der Waals surface area (Å²) < 4.78 is 2.44. The molecule has 0 saturated carbocycles. The molecule has 2 aromatic carbocycles. The maximum atomic E-state index is 5.01. The molecule has 3 aromatic rings. The monoisotopic (exact) mass is 348 g/mol. The van der Waals surface area contributed by atoms with Crippen LogP contribution in [0.4, 0.5) is 0 Å². The molecule has 0 radical (unpaired) electrons. The molecule has 26 heavy (non-hydrogen) atoms. The van der Waals surface area contributed by atoms with E-state index in [0.717, 1.165) is 18.5 Å². The number of benzene rings is 2. The highest BCUT2D eigenvalue weighted by molar-refractivity contribution is 5.76. The van der Waals surface area contributed by atoms with Crippen LogP contribution in [0.5, 0.6) is 0 Å². The lowest BCUT2D eigenvalue weighted by Gasteiger charge is -2.18. The molecule has 0 aliphatic carbocycles. The number of imidazole rings is 1. The minimum absolute atomic E-state index is 0.291. The number of nitrogens with zero attached hydrogens (tertiary/aromatic N) is 2. The summed E-state index contributed by atoms with van der Waals surface area (Å²) in [4.78, 5) is 5.01. The molecular formula is C24H32N2. The van der Waals surface area contributed by atoms with E-state index >= 15 is 0 Å². The van der Waals surface area contributed by atoms with Gasteiger partial charge < -0.3 is 4.57 Å². The molecule has 138 valence electrons. The molecule has 0 amide bonds. The third-order valence-electron chi connectivity index (χ3n) is 5.39. The van der Waals surface area contributed by atoms with E-state index in [4.69, 9.17) is 4.98 Å². The minimum Gasteiger partial charge on any atom is -0.327 e. The molecule has 0 bridgehead atoms. The summed E-state index contributed by atoms with van der Waals surface area (Å²) in [6.07, 6.45) is 2.32. The van der Waals surface area contributed by atoms with E-state index in [1.807, 2.05) is 0 Å². The van der Waals surface area contributed by atoms with Crippen molar-refractivity contribution in [1.29, 1.82) is 0 Å². The predicted octanol–water partition coefficient (Wildman–Crippen LogP) is 6.43. The highest BCUT2D eigenvalue weighted by Gasteiger charge is 2.19. The fraction of sp³-hybridized carbons (Fsp3) is 0.458. The molecule has 0 saturated heterocycles. The van der Waals surface area contributed by atoms with Crippen LogP contribution in [0.1, 0.15) is 63.9 Å². The zero-order valence-corrected chi connectivity index (χ0v) is 16.9. The fourth-order valence-corrected chi connectivity index (χ4v) is 3.62. The lowest BCUT2D eigenvalue weighted by Crippen LogP contribution is -2.13. The van der Waals surface area contributed by atoms with Crippen LogP contribution in [-0.2, 0) is 13.0 Å². The molecule has 2 atom stereocenters. The van der Waals surface area contributed by atoms with Crippen molar-refractivity contribution in [2.24, 2.45) is 11.8 Å². The summed E-state index contributed by atoms with van der Waals surface area (Å²) >= 11 is 0. The van der Waals surface area contributed by atoms with Crippen LogP contribution in [-0.4, -0.2) is 9.55 Å². The van der Waals surface area contributed by atoms with Gasteiger partial charge in [0.05, 0.1) is 11.0 Å². The quantitative estimate of drug-likeness (QED) is 0.481. The van der Waals surface area contributed by atoms with Crippen LogP contribution >= 0.6 is 0 Å². The average Bonchev–Trinajstić information content (AvgIpc) is 2.99. The van der Waals surface area contributed by atoms with Crippen molar-refractivity contribution in [1.82, 2.24) is 9.55 Å². The van der Waals surface area contributed by atoms with E-state index in [2.05, 4.69) is 87.7 Å². The van der Waals surface area contributed by atoms with Gasteiger partial charge in [-0.25, -0.2) is 4.98 Å².